The molecule has 2 heteroatoms. The quantitative estimate of drug-likeness (QED) is 0.604. The van der Waals surface area contributed by atoms with Crippen LogP contribution in [0.5, 0.6) is 0 Å². The molecule has 0 N–H and O–H groups in total. The molecule has 2 atom stereocenters. The Morgan fingerprint density at radius 2 is 1.64 bits per heavy atom. The molecular formula is C12H20O2. The van der Waals surface area contributed by atoms with Gasteiger partial charge in [0, 0.05) is 0 Å². The summed E-state index contributed by atoms with van der Waals surface area (Å²) in [7, 11) is 0. The summed E-state index contributed by atoms with van der Waals surface area (Å²) in [6.07, 6.45) is 2.37. The fraction of sp³-hybridized carbons (Fsp3) is 0.750. The molecule has 0 saturated heterocycles. The van der Waals surface area contributed by atoms with E-state index in [1.165, 1.54) is 0 Å². The Labute approximate surface area is 86.4 Å². The van der Waals surface area contributed by atoms with Crippen LogP contribution in [0.3, 0.4) is 0 Å². The summed E-state index contributed by atoms with van der Waals surface area (Å²) in [6, 6.07) is 0. The zero-order chi connectivity index (χ0) is 11.6. The summed E-state index contributed by atoms with van der Waals surface area (Å²) in [5.41, 5.74) is 0.947. The fourth-order valence-electron chi connectivity index (χ4n) is 2.77. The van der Waals surface area contributed by atoms with Gasteiger partial charge < -0.3 is 0 Å². The van der Waals surface area contributed by atoms with Crippen LogP contribution in [-0.2, 0) is 9.59 Å². The van der Waals surface area contributed by atoms with Gasteiger partial charge in [-0.3, -0.25) is 0 Å². The van der Waals surface area contributed by atoms with Crippen molar-refractivity contribution in [1.82, 2.24) is 0 Å². The number of allylic oxidation sites excluding steroid dienone is 1. The van der Waals surface area contributed by atoms with Gasteiger partial charge in [-0.25, -0.2) is 0 Å². The number of rotatable bonds is 1. The normalized spacial score (nSPS) is 28.1. The van der Waals surface area contributed by atoms with E-state index in [0.29, 0.717) is 10.8 Å². The third-order valence-corrected chi connectivity index (χ3v) is 3.10. The second-order valence-electron chi connectivity index (χ2n) is 5.51. The average molecular weight is 196 g/mol. The molecule has 0 aromatic heterocycles. The van der Waals surface area contributed by atoms with E-state index in [4.69, 9.17) is 9.59 Å². The highest BCUT2D eigenvalue weighted by atomic mass is 16.2. The molecule has 0 aliphatic heterocycles. The first-order valence-electron chi connectivity index (χ1n) is 4.85. The van der Waals surface area contributed by atoms with E-state index in [9.17, 15) is 0 Å². The smallest absolute Gasteiger partial charge is 0.186 e. The Morgan fingerprint density at radius 3 is 1.71 bits per heavy atom. The van der Waals surface area contributed by atoms with Gasteiger partial charge in [0.15, 0.2) is 0 Å². The highest BCUT2D eigenvalue weighted by molar-refractivity contribution is 5.20. The first-order chi connectivity index (χ1) is 6.23. The highest BCUT2D eigenvalue weighted by Crippen LogP contribution is 2.65. The van der Waals surface area contributed by atoms with Crippen LogP contribution in [0.4, 0.5) is 0 Å². The number of carbonyl (C=O) groups excluding carboxylic acids is 2. The van der Waals surface area contributed by atoms with Crippen molar-refractivity contribution in [3.05, 3.63) is 12.7 Å². The third kappa shape index (κ3) is 2.55. The molecule has 0 spiro atoms. The summed E-state index contributed by atoms with van der Waals surface area (Å²) in [5.74, 6) is 1.56. The van der Waals surface area contributed by atoms with Gasteiger partial charge in [-0.05, 0) is 22.7 Å². The van der Waals surface area contributed by atoms with E-state index in [2.05, 4.69) is 47.3 Å². The van der Waals surface area contributed by atoms with Crippen LogP contribution >= 0.6 is 0 Å². The Hall–Kier alpha value is -0.880. The van der Waals surface area contributed by atoms with Gasteiger partial charge in [0.05, 0.1) is 0 Å². The van der Waals surface area contributed by atoms with Crippen LogP contribution in [0.1, 0.15) is 34.6 Å². The SMILES string of the molecule is C=CC1C(C(C)(C)C)C1(C)C.O=C=O. The Kier molecular flexibility index (Phi) is 3.84. The van der Waals surface area contributed by atoms with Crippen molar-refractivity contribution in [1.29, 1.82) is 0 Å². The van der Waals surface area contributed by atoms with Gasteiger partial charge >= 0.3 is 6.15 Å². The maximum absolute atomic E-state index is 8.12. The van der Waals surface area contributed by atoms with E-state index < -0.39 is 0 Å². The van der Waals surface area contributed by atoms with Crippen LogP contribution in [0.15, 0.2) is 12.7 Å². The molecule has 0 heterocycles. The molecule has 1 fully saturated rings. The predicted octanol–water partition coefficient (Wildman–Crippen LogP) is 2.91. The van der Waals surface area contributed by atoms with Crippen molar-refractivity contribution in [3.8, 4) is 0 Å². The van der Waals surface area contributed by atoms with Crippen molar-refractivity contribution in [2.45, 2.75) is 34.6 Å². The maximum Gasteiger partial charge on any atom is 0.373 e. The third-order valence-electron chi connectivity index (χ3n) is 3.10. The molecule has 0 aromatic carbocycles. The second kappa shape index (κ2) is 4.10. The summed E-state index contributed by atoms with van der Waals surface area (Å²) >= 11 is 0. The molecule has 1 aliphatic carbocycles. The fourth-order valence-corrected chi connectivity index (χ4v) is 2.77. The molecule has 1 saturated carbocycles. The molecule has 1 aliphatic rings. The minimum atomic E-state index is 0.250. The molecule has 2 unspecified atom stereocenters. The molecule has 0 radical (unpaired) electrons. The van der Waals surface area contributed by atoms with Gasteiger partial charge in [0.25, 0.3) is 0 Å². The number of hydrogen-bond donors (Lipinski definition) is 0. The molecule has 80 valence electrons. The van der Waals surface area contributed by atoms with E-state index in [0.717, 1.165) is 11.8 Å². The topological polar surface area (TPSA) is 34.1 Å². The molecule has 0 bridgehead atoms. The van der Waals surface area contributed by atoms with Crippen molar-refractivity contribution in [2.24, 2.45) is 22.7 Å². The molecule has 14 heavy (non-hydrogen) atoms. The van der Waals surface area contributed by atoms with Crippen LogP contribution in [0.2, 0.25) is 0 Å². The predicted molar refractivity (Wildman–Crippen MR) is 55.4 cm³/mol. The van der Waals surface area contributed by atoms with E-state index in [-0.39, 0.29) is 6.15 Å². The highest BCUT2D eigenvalue weighted by Gasteiger charge is 2.60. The van der Waals surface area contributed by atoms with Crippen molar-refractivity contribution >= 4 is 6.15 Å². The van der Waals surface area contributed by atoms with E-state index >= 15 is 0 Å². The van der Waals surface area contributed by atoms with Gasteiger partial charge in [-0.1, -0.05) is 40.7 Å². The van der Waals surface area contributed by atoms with Crippen molar-refractivity contribution < 1.29 is 9.59 Å². The minimum absolute atomic E-state index is 0.250. The molecule has 2 nitrogen and oxygen atoms in total. The van der Waals surface area contributed by atoms with Crippen molar-refractivity contribution in [3.63, 3.8) is 0 Å². The van der Waals surface area contributed by atoms with Crippen LogP contribution in [0.25, 0.3) is 0 Å². The van der Waals surface area contributed by atoms with Crippen LogP contribution in [-0.4, -0.2) is 6.15 Å². The summed E-state index contributed by atoms with van der Waals surface area (Å²) < 4.78 is 0. The zero-order valence-electron chi connectivity index (χ0n) is 9.76. The molecular weight excluding hydrogens is 176 g/mol. The molecule has 1 rings (SSSR count). The van der Waals surface area contributed by atoms with Crippen LogP contribution in [0, 0.1) is 22.7 Å². The lowest BCUT2D eigenvalue weighted by Gasteiger charge is -2.19. The molecule has 0 amide bonds. The summed E-state index contributed by atoms with van der Waals surface area (Å²) in [4.78, 5) is 16.2. The summed E-state index contributed by atoms with van der Waals surface area (Å²) in [5, 5.41) is 0. The van der Waals surface area contributed by atoms with Gasteiger partial charge in [0.1, 0.15) is 0 Å². The lowest BCUT2D eigenvalue weighted by molar-refractivity contribution is -0.191. The lowest BCUT2D eigenvalue weighted by atomic mass is 9.85. The number of hydrogen-bond acceptors (Lipinski definition) is 2. The largest absolute Gasteiger partial charge is 0.373 e. The van der Waals surface area contributed by atoms with Gasteiger partial charge in [0.2, 0.25) is 0 Å². The molecule has 0 aromatic rings. The Morgan fingerprint density at radius 1 is 1.29 bits per heavy atom. The maximum atomic E-state index is 8.12. The summed E-state index contributed by atoms with van der Waals surface area (Å²) in [6.45, 7) is 15.5. The standard InChI is InChI=1S/C11H20.CO2/c1-7-8-9(10(2,3)4)11(8,5)6;2-1-3/h7-9H,1H2,2-6H3;. The monoisotopic (exact) mass is 196 g/mol. The van der Waals surface area contributed by atoms with Gasteiger partial charge in [-0.2, -0.15) is 9.59 Å². The average Bonchev–Trinajstić information content (AvgIpc) is 2.53. The lowest BCUT2D eigenvalue weighted by Crippen LogP contribution is -2.12. The Balaban J connectivity index is 0.000000500. The second-order valence-corrected chi connectivity index (χ2v) is 5.51. The van der Waals surface area contributed by atoms with E-state index in [1.807, 2.05) is 0 Å². The Bertz CT molecular complexity index is 240. The first kappa shape index (κ1) is 13.1. The first-order valence-corrected chi connectivity index (χ1v) is 4.85. The van der Waals surface area contributed by atoms with Gasteiger partial charge in [-0.15, -0.1) is 6.58 Å². The van der Waals surface area contributed by atoms with E-state index in [1.54, 1.807) is 0 Å². The van der Waals surface area contributed by atoms with Crippen LogP contribution < -0.4 is 0 Å². The van der Waals surface area contributed by atoms with Crippen molar-refractivity contribution in [2.75, 3.05) is 0 Å². The zero-order valence-corrected chi connectivity index (χ0v) is 9.76. The minimum Gasteiger partial charge on any atom is -0.186 e.